The van der Waals surface area contributed by atoms with Gasteiger partial charge >= 0.3 is 0 Å². The summed E-state index contributed by atoms with van der Waals surface area (Å²) in [6, 6.07) is 3.75. The number of pyridine rings is 1. The molecule has 0 bridgehead atoms. The molecule has 72 valence electrons. The molecule has 0 amide bonds. The lowest BCUT2D eigenvalue weighted by atomic mass is 10.3. The number of hydrogen-bond donors (Lipinski definition) is 0. The first kappa shape index (κ1) is 9.89. The summed E-state index contributed by atoms with van der Waals surface area (Å²) in [6.45, 7) is 0. The summed E-state index contributed by atoms with van der Waals surface area (Å²) >= 11 is 8.72. The van der Waals surface area contributed by atoms with Crippen molar-refractivity contribution in [2.24, 2.45) is 0 Å². The van der Waals surface area contributed by atoms with Crippen LogP contribution in [0.5, 0.6) is 0 Å². The first-order valence-corrected chi connectivity index (χ1v) is 5.98. The first-order chi connectivity index (χ1) is 6.84. The highest BCUT2D eigenvalue weighted by molar-refractivity contribution is 8.00. The molecule has 14 heavy (non-hydrogen) atoms. The number of halogens is 1. The van der Waals surface area contributed by atoms with E-state index >= 15 is 0 Å². The highest BCUT2D eigenvalue weighted by Crippen LogP contribution is 2.22. The third-order valence-electron chi connectivity index (χ3n) is 1.49. The van der Waals surface area contributed by atoms with E-state index in [-0.39, 0.29) is 0 Å². The van der Waals surface area contributed by atoms with Gasteiger partial charge in [0.15, 0.2) is 4.34 Å². The van der Waals surface area contributed by atoms with Crippen molar-refractivity contribution in [1.29, 1.82) is 0 Å². The van der Waals surface area contributed by atoms with Crippen molar-refractivity contribution in [2.75, 3.05) is 0 Å². The maximum Gasteiger partial charge on any atom is 0.170 e. The largest absolute Gasteiger partial charge is 0.244 e. The van der Waals surface area contributed by atoms with Crippen LogP contribution < -0.4 is 0 Å². The Balaban J connectivity index is 1.95. The van der Waals surface area contributed by atoms with Gasteiger partial charge in [0.1, 0.15) is 11.5 Å². The smallest absolute Gasteiger partial charge is 0.170 e. The van der Waals surface area contributed by atoms with E-state index in [1.807, 2.05) is 6.07 Å². The zero-order valence-corrected chi connectivity index (χ0v) is 9.44. The second-order valence-electron chi connectivity index (χ2n) is 2.49. The number of thioether (sulfide) groups is 1. The lowest BCUT2D eigenvalue weighted by Gasteiger charge is -1.97. The molecule has 0 aromatic carbocycles. The third-order valence-corrected chi connectivity index (χ3v) is 3.58. The van der Waals surface area contributed by atoms with Crippen LogP contribution in [0.1, 0.15) is 5.56 Å². The summed E-state index contributed by atoms with van der Waals surface area (Å²) in [5, 5.41) is 0.523. The van der Waals surface area contributed by atoms with Gasteiger partial charge in [0.05, 0.1) is 0 Å². The minimum Gasteiger partial charge on any atom is -0.244 e. The number of aromatic nitrogens is 3. The Morgan fingerprint density at radius 3 is 2.93 bits per heavy atom. The van der Waals surface area contributed by atoms with E-state index in [0.29, 0.717) is 5.15 Å². The molecule has 0 aliphatic heterocycles. The molecular weight excluding hydrogens is 238 g/mol. The monoisotopic (exact) mass is 243 g/mol. The average molecular weight is 244 g/mol. The third kappa shape index (κ3) is 2.67. The molecule has 0 aliphatic rings. The SMILES string of the molecule is Clc1ccc(CSc2ncns2)cn1. The summed E-state index contributed by atoms with van der Waals surface area (Å²) < 4.78 is 4.89. The fourth-order valence-corrected chi connectivity index (χ4v) is 2.35. The van der Waals surface area contributed by atoms with Crippen LogP contribution in [0.3, 0.4) is 0 Å². The molecule has 0 saturated carbocycles. The van der Waals surface area contributed by atoms with Crippen molar-refractivity contribution < 1.29 is 0 Å². The molecule has 0 radical (unpaired) electrons. The number of nitrogens with zero attached hydrogens (tertiary/aromatic N) is 3. The van der Waals surface area contributed by atoms with Gasteiger partial charge in [-0.1, -0.05) is 29.4 Å². The van der Waals surface area contributed by atoms with Gasteiger partial charge in [-0.25, -0.2) is 9.97 Å². The first-order valence-electron chi connectivity index (χ1n) is 3.84. The second kappa shape index (κ2) is 4.72. The van der Waals surface area contributed by atoms with Crippen molar-refractivity contribution in [3.05, 3.63) is 35.4 Å². The molecule has 2 rings (SSSR count). The Kier molecular flexibility index (Phi) is 3.34. The lowest BCUT2D eigenvalue weighted by molar-refractivity contribution is 1.20. The van der Waals surface area contributed by atoms with Crippen molar-refractivity contribution >= 4 is 34.9 Å². The topological polar surface area (TPSA) is 38.7 Å². The molecule has 0 aliphatic carbocycles. The molecule has 6 heteroatoms. The van der Waals surface area contributed by atoms with Crippen molar-refractivity contribution in [1.82, 2.24) is 14.3 Å². The molecule has 2 heterocycles. The summed E-state index contributed by atoms with van der Waals surface area (Å²) in [4.78, 5) is 8.07. The molecule has 2 aromatic rings. The van der Waals surface area contributed by atoms with Crippen molar-refractivity contribution in [3.63, 3.8) is 0 Å². The van der Waals surface area contributed by atoms with Gasteiger partial charge in [-0.2, -0.15) is 4.37 Å². The molecule has 0 spiro atoms. The van der Waals surface area contributed by atoms with E-state index in [4.69, 9.17) is 11.6 Å². The quantitative estimate of drug-likeness (QED) is 0.614. The van der Waals surface area contributed by atoms with E-state index in [2.05, 4.69) is 14.3 Å². The Labute approximate surface area is 94.7 Å². The normalized spacial score (nSPS) is 10.4. The van der Waals surface area contributed by atoms with Gasteiger partial charge in [-0.3, -0.25) is 0 Å². The minimum atomic E-state index is 0.523. The van der Waals surface area contributed by atoms with Crippen LogP contribution in [0.25, 0.3) is 0 Å². The summed E-state index contributed by atoms with van der Waals surface area (Å²) in [7, 11) is 0. The van der Waals surface area contributed by atoms with Gasteiger partial charge in [0.2, 0.25) is 0 Å². The maximum atomic E-state index is 5.67. The summed E-state index contributed by atoms with van der Waals surface area (Å²) in [5.74, 6) is 0.847. The van der Waals surface area contributed by atoms with Gasteiger partial charge in [0, 0.05) is 11.9 Å². The molecule has 0 unspecified atom stereocenters. The van der Waals surface area contributed by atoms with E-state index in [9.17, 15) is 0 Å². The number of rotatable bonds is 3. The Bertz CT molecular complexity index is 387. The fraction of sp³-hybridized carbons (Fsp3) is 0.125. The van der Waals surface area contributed by atoms with Gasteiger partial charge in [-0.15, -0.1) is 0 Å². The summed E-state index contributed by atoms with van der Waals surface area (Å²) in [5.41, 5.74) is 1.13. The van der Waals surface area contributed by atoms with Crippen molar-refractivity contribution in [2.45, 2.75) is 10.1 Å². The van der Waals surface area contributed by atoms with E-state index in [1.54, 1.807) is 30.4 Å². The average Bonchev–Trinajstić information content (AvgIpc) is 2.70. The van der Waals surface area contributed by atoms with Gasteiger partial charge in [-0.05, 0) is 23.2 Å². The Morgan fingerprint density at radius 1 is 1.36 bits per heavy atom. The molecule has 3 nitrogen and oxygen atoms in total. The predicted octanol–water partition coefficient (Wildman–Crippen LogP) is 2.88. The molecule has 0 fully saturated rings. The lowest BCUT2D eigenvalue weighted by Crippen LogP contribution is -1.82. The second-order valence-corrected chi connectivity index (χ2v) is 4.87. The minimum absolute atomic E-state index is 0.523. The predicted molar refractivity (Wildman–Crippen MR) is 58.7 cm³/mol. The zero-order chi connectivity index (χ0) is 9.80. The molecular formula is C8H6ClN3S2. The van der Waals surface area contributed by atoms with E-state index in [1.165, 1.54) is 11.5 Å². The standard InChI is InChI=1S/C8H6ClN3S2/c9-7-2-1-6(3-10-7)4-13-8-11-5-12-14-8/h1-3,5H,4H2. The van der Waals surface area contributed by atoms with E-state index < -0.39 is 0 Å². The maximum absolute atomic E-state index is 5.67. The number of hydrogen-bond acceptors (Lipinski definition) is 5. The molecule has 2 aromatic heterocycles. The fourth-order valence-electron chi connectivity index (χ4n) is 0.863. The van der Waals surface area contributed by atoms with Crippen LogP contribution >= 0.6 is 34.9 Å². The van der Waals surface area contributed by atoms with E-state index in [0.717, 1.165) is 15.7 Å². The summed E-state index contributed by atoms with van der Waals surface area (Å²) in [6.07, 6.45) is 3.34. The van der Waals surface area contributed by atoms with Crippen molar-refractivity contribution in [3.8, 4) is 0 Å². The van der Waals surface area contributed by atoms with Crippen LogP contribution in [0.2, 0.25) is 5.15 Å². The zero-order valence-electron chi connectivity index (χ0n) is 7.05. The van der Waals surface area contributed by atoms with Gasteiger partial charge in [0.25, 0.3) is 0 Å². The van der Waals surface area contributed by atoms with Crippen LogP contribution in [0, 0.1) is 0 Å². The van der Waals surface area contributed by atoms with Crippen LogP contribution in [-0.4, -0.2) is 14.3 Å². The molecule has 0 N–H and O–H groups in total. The molecule has 0 atom stereocenters. The highest BCUT2D eigenvalue weighted by Gasteiger charge is 1.99. The molecule has 0 saturated heterocycles. The highest BCUT2D eigenvalue weighted by atomic mass is 35.5. The van der Waals surface area contributed by atoms with Crippen LogP contribution in [-0.2, 0) is 5.75 Å². The van der Waals surface area contributed by atoms with Crippen LogP contribution in [0.15, 0.2) is 29.0 Å². The Hall–Kier alpha value is -0.650. The van der Waals surface area contributed by atoms with Gasteiger partial charge < -0.3 is 0 Å². The Morgan fingerprint density at radius 2 is 2.29 bits per heavy atom. The van der Waals surface area contributed by atoms with Crippen LogP contribution in [0.4, 0.5) is 0 Å².